The summed E-state index contributed by atoms with van der Waals surface area (Å²) >= 11 is 0. The maximum absolute atomic E-state index is 2.72. The van der Waals surface area contributed by atoms with Crippen LogP contribution in [0, 0.1) is 23.7 Å². The van der Waals surface area contributed by atoms with Crippen molar-refractivity contribution in [1.29, 1.82) is 0 Å². The Balaban J connectivity index is 1.04. The highest BCUT2D eigenvalue weighted by atomic mass is 15.2. The monoisotopic (exact) mass is 871 g/mol. The van der Waals surface area contributed by atoms with Crippen molar-refractivity contribution < 1.29 is 0 Å². The average Bonchev–Trinajstić information content (AvgIpc) is 3.81. The van der Waals surface area contributed by atoms with Crippen LogP contribution < -0.4 is 4.90 Å². The van der Waals surface area contributed by atoms with Crippen LogP contribution >= 0.6 is 0 Å². The summed E-state index contributed by atoms with van der Waals surface area (Å²) in [6.07, 6.45) is 8.94. The molecule has 0 amide bonds. The van der Waals surface area contributed by atoms with Gasteiger partial charge in [-0.05, 0) is 177 Å². The van der Waals surface area contributed by atoms with Gasteiger partial charge in [0.05, 0.1) is 16.8 Å². The summed E-state index contributed by atoms with van der Waals surface area (Å²) in [6, 6.07) is 81.9. The highest BCUT2D eigenvalue weighted by Gasteiger charge is 2.62. The molecule has 0 aromatic heterocycles. The summed E-state index contributed by atoms with van der Waals surface area (Å²) < 4.78 is 0. The third-order valence-corrected chi connectivity index (χ3v) is 18.0. The van der Waals surface area contributed by atoms with Crippen LogP contribution in [0.2, 0.25) is 0 Å². The van der Waals surface area contributed by atoms with Crippen molar-refractivity contribution in [2.24, 2.45) is 23.7 Å². The molecule has 0 radical (unpaired) electrons. The van der Waals surface area contributed by atoms with E-state index in [2.05, 4.69) is 217 Å². The van der Waals surface area contributed by atoms with E-state index >= 15 is 0 Å². The number of rotatable bonds is 5. The summed E-state index contributed by atoms with van der Waals surface area (Å²) in [4.78, 5) is 2.72. The molecule has 16 rings (SSSR count). The molecule has 68 heavy (non-hydrogen) atoms. The van der Waals surface area contributed by atoms with E-state index in [1.807, 2.05) is 0 Å². The number of hydrogen-bond donors (Lipinski definition) is 0. The van der Waals surface area contributed by atoms with Crippen LogP contribution in [0.4, 0.5) is 17.1 Å². The molecule has 9 aromatic rings. The van der Waals surface area contributed by atoms with E-state index in [0.717, 1.165) is 24.7 Å². The van der Waals surface area contributed by atoms with E-state index in [4.69, 9.17) is 0 Å². The summed E-state index contributed by atoms with van der Waals surface area (Å²) in [6.45, 7) is 0. The molecule has 0 saturated heterocycles. The number of nitrogens with zero attached hydrogens (tertiary/aromatic N) is 1. The Morgan fingerprint density at radius 2 is 0.853 bits per heavy atom. The van der Waals surface area contributed by atoms with Crippen molar-refractivity contribution in [1.82, 2.24) is 0 Å². The van der Waals surface area contributed by atoms with Gasteiger partial charge in [-0.1, -0.05) is 182 Å². The molecule has 4 saturated carbocycles. The van der Waals surface area contributed by atoms with Crippen molar-refractivity contribution in [2.75, 3.05) is 4.90 Å². The van der Waals surface area contributed by atoms with E-state index in [1.165, 1.54) is 127 Å². The van der Waals surface area contributed by atoms with Crippen LogP contribution in [0.3, 0.4) is 0 Å². The molecule has 0 unspecified atom stereocenters. The molecule has 0 heterocycles. The number of aryl methyl sites for hydroxylation is 2. The first-order valence-electron chi connectivity index (χ1n) is 25.4. The Morgan fingerprint density at radius 3 is 1.57 bits per heavy atom. The van der Waals surface area contributed by atoms with Gasteiger partial charge in [-0.2, -0.15) is 0 Å². The fourth-order valence-corrected chi connectivity index (χ4v) is 15.8. The highest BCUT2D eigenvalue weighted by Crippen LogP contribution is 2.71. The zero-order chi connectivity index (χ0) is 44.6. The van der Waals surface area contributed by atoms with Gasteiger partial charge in [-0.3, -0.25) is 0 Å². The molecule has 2 spiro atoms. The standard InChI is InChI=1S/C67H53N/c1-2-16-45(17-3-1)48-20-12-21-49(41-48)50-22-13-23-53(42-50)68(62-32-15-31-61-64(62)56-25-7-11-30-60(56)66(61)51-37-43-36-44(39-51)40-52(66)38-43)63-33-14-26-55-54-24-6-10-29-59(54)67(65(55)63)57-27-8-4-18-46(57)34-35-47-19-5-9-28-58(47)67/h1-33,41-44,51-52H,34-40H2. The zero-order valence-electron chi connectivity index (χ0n) is 38.4. The van der Waals surface area contributed by atoms with Crippen molar-refractivity contribution in [3.8, 4) is 44.5 Å². The Labute approximate surface area is 400 Å². The highest BCUT2D eigenvalue weighted by molar-refractivity contribution is 6.00. The molecule has 0 aliphatic heterocycles. The lowest BCUT2D eigenvalue weighted by Crippen LogP contribution is -2.55. The second kappa shape index (κ2) is 14.6. The van der Waals surface area contributed by atoms with Gasteiger partial charge >= 0.3 is 0 Å². The quantitative estimate of drug-likeness (QED) is 0.167. The van der Waals surface area contributed by atoms with Crippen LogP contribution in [0.25, 0.3) is 44.5 Å². The van der Waals surface area contributed by atoms with Crippen molar-refractivity contribution in [3.05, 3.63) is 257 Å². The molecule has 7 aliphatic carbocycles. The molecule has 4 fully saturated rings. The molecule has 9 aromatic carbocycles. The predicted octanol–water partition coefficient (Wildman–Crippen LogP) is 16.7. The summed E-state index contributed by atoms with van der Waals surface area (Å²) in [5, 5.41) is 0. The Bertz CT molecular complexity index is 3420. The van der Waals surface area contributed by atoms with Crippen LogP contribution in [0.1, 0.15) is 76.6 Å². The van der Waals surface area contributed by atoms with E-state index in [0.29, 0.717) is 11.8 Å². The largest absolute Gasteiger partial charge is 0.309 e. The smallest absolute Gasteiger partial charge is 0.0739 e. The molecule has 1 heteroatoms. The normalized spacial score (nSPS) is 22.5. The van der Waals surface area contributed by atoms with Crippen molar-refractivity contribution in [3.63, 3.8) is 0 Å². The fraction of sp³-hybridized carbons (Fsp3) is 0.194. The van der Waals surface area contributed by atoms with Crippen molar-refractivity contribution >= 4 is 17.1 Å². The lowest BCUT2D eigenvalue weighted by molar-refractivity contribution is -0.0399. The Kier molecular flexibility index (Phi) is 8.36. The van der Waals surface area contributed by atoms with Gasteiger partial charge in [0.1, 0.15) is 0 Å². The van der Waals surface area contributed by atoms with Gasteiger partial charge in [0.15, 0.2) is 0 Å². The van der Waals surface area contributed by atoms with Gasteiger partial charge in [-0.25, -0.2) is 0 Å². The molecule has 7 aliphatic rings. The summed E-state index contributed by atoms with van der Waals surface area (Å²) in [5.41, 5.74) is 25.3. The SMILES string of the molecule is c1ccc(-c2cccc(-c3cccc(N(c4cccc5c4-c4ccccc4C54C5CC6CC(C5)CC4C6)c4cccc5c4C4(c6ccccc6CCc6ccccc64)c4ccccc4-5)c3)c2)cc1. The molecule has 0 atom stereocenters. The van der Waals surface area contributed by atoms with E-state index in [-0.39, 0.29) is 5.41 Å². The maximum Gasteiger partial charge on any atom is 0.0739 e. The first kappa shape index (κ1) is 38.8. The summed E-state index contributed by atoms with van der Waals surface area (Å²) in [7, 11) is 0. The van der Waals surface area contributed by atoms with Crippen molar-refractivity contribution in [2.45, 2.75) is 55.8 Å². The zero-order valence-corrected chi connectivity index (χ0v) is 38.4. The number of anilines is 3. The first-order valence-corrected chi connectivity index (χ1v) is 25.4. The molecule has 1 nitrogen and oxygen atoms in total. The third-order valence-electron chi connectivity index (χ3n) is 18.0. The molecule has 326 valence electrons. The van der Waals surface area contributed by atoms with E-state index in [1.54, 1.807) is 11.1 Å². The minimum absolute atomic E-state index is 0.0516. The molecule has 4 bridgehead atoms. The third kappa shape index (κ3) is 5.23. The van der Waals surface area contributed by atoms with Gasteiger partial charge in [0.25, 0.3) is 0 Å². The summed E-state index contributed by atoms with van der Waals surface area (Å²) in [5.74, 6) is 3.14. The minimum Gasteiger partial charge on any atom is -0.309 e. The second-order valence-corrected chi connectivity index (χ2v) is 21.1. The Morgan fingerprint density at radius 1 is 0.353 bits per heavy atom. The molecular weight excluding hydrogens is 819 g/mol. The fourth-order valence-electron chi connectivity index (χ4n) is 15.8. The minimum atomic E-state index is -0.537. The van der Waals surface area contributed by atoms with Crippen LogP contribution in [-0.2, 0) is 23.7 Å². The van der Waals surface area contributed by atoms with Gasteiger partial charge in [0, 0.05) is 22.2 Å². The average molecular weight is 872 g/mol. The van der Waals surface area contributed by atoms with Crippen LogP contribution in [0.5, 0.6) is 0 Å². The predicted molar refractivity (Wildman–Crippen MR) is 280 cm³/mol. The Hall–Kier alpha value is -7.22. The lowest BCUT2D eigenvalue weighted by Gasteiger charge is -2.61. The second-order valence-electron chi connectivity index (χ2n) is 21.1. The van der Waals surface area contributed by atoms with E-state index in [9.17, 15) is 0 Å². The number of hydrogen-bond acceptors (Lipinski definition) is 1. The van der Waals surface area contributed by atoms with Crippen LogP contribution in [0.15, 0.2) is 212 Å². The van der Waals surface area contributed by atoms with Crippen LogP contribution in [-0.4, -0.2) is 0 Å². The van der Waals surface area contributed by atoms with Gasteiger partial charge in [-0.15, -0.1) is 0 Å². The lowest BCUT2D eigenvalue weighted by atomic mass is 9.43. The maximum atomic E-state index is 2.72. The van der Waals surface area contributed by atoms with Gasteiger partial charge < -0.3 is 4.90 Å². The van der Waals surface area contributed by atoms with E-state index < -0.39 is 5.41 Å². The number of fused-ring (bicyclic) bond motifs is 12. The molecular formula is C67H53N. The van der Waals surface area contributed by atoms with Gasteiger partial charge in [0.2, 0.25) is 0 Å². The topological polar surface area (TPSA) is 3.24 Å². The number of benzene rings is 9. The first-order chi connectivity index (χ1) is 33.7. The molecule has 0 N–H and O–H groups in total.